The van der Waals surface area contributed by atoms with Crippen LogP contribution in [0.4, 0.5) is 0 Å². The number of hydrogen-bond acceptors (Lipinski definition) is 2. The fourth-order valence-corrected chi connectivity index (χ4v) is 2.44. The van der Waals surface area contributed by atoms with E-state index in [1.54, 1.807) is 0 Å². The molecular weight excluding hydrogens is 186 g/mol. The Morgan fingerprint density at radius 2 is 2.20 bits per heavy atom. The van der Waals surface area contributed by atoms with Gasteiger partial charge in [-0.15, -0.1) is 0 Å². The minimum Gasteiger partial charge on any atom is -0.326 e. The Morgan fingerprint density at radius 1 is 1.40 bits per heavy atom. The molecule has 1 aliphatic rings. The monoisotopic (exact) mass is 207 g/mol. The van der Waals surface area contributed by atoms with Crippen LogP contribution in [0.3, 0.4) is 0 Å². The van der Waals surface area contributed by atoms with Crippen LogP contribution >= 0.6 is 0 Å². The van der Waals surface area contributed by atoms with Crippen molar-refractivity contribution in [3.63, 3.8) is 0 Å². The molecule has 3 heteroatoms. The van der Waals surface area contributed by atoms with Gasteiger partial charge in [0.05, 0.1) is 12.2 Å². The molecule has 1 aromatic rings. The van der Waals surface area contributed by atoms with E-state index >= 15 is 0 Å². The molecule has 3 unspecified atom stereocenters. The molecule has 1 heterocycles. The van der Waals surface area contributed by atoms with Crippen LogP contribution in [0.2, 0.25) is 0 Å². The summed E-state index contributed by atoms with van der Waals surface area (Å²) in [5.41, 5.74) is 6.73. The van der Waals surface area contributed by atoms with E-state index in [-0.39, 0.29) is 0 Å². The summed E-state index contributed by atoms with van der Waals surface area (Å²) in [4.78, 5) is 0. The molecule has 1 saturated carbocycles. The van der Waals surface area contributed by atoms with E-state index in [4.69, 9.17) is 5.73 Å². The Kier molecular flexibility index (Phi) is 3.10. The topological polar surface area (TPSA) is 43.8 Å². The predicted octanol–water partition coefficient (Wildman–Crippen LogP) is 2.34. The minimum atomic E-state index is 0.594. The maximum absolute atomic E-state index is 5.59. The lowest BCUT2D eigenvalue weighted by molar-refractivity contribution is 0.201. The van der Waals surface area contributed by atoms with Crippen LogP contribution in [0.5, 0.6) is 0 Å². The lowest BCUT2D eigenvalue weighted by Gasteiger charge is -2.32. The van der Waals surface area contributed by atoms with Gasteiger partial charge in [-0.3, -0.25) is 4.68 Å². The molecule has 2 N–H and O–H groups in total. The van der Waals surface area contributed by atoms with Crippen LogP contribution in [0, 0.1) is 11.8 Å². The Bertz CT molecular complexity index is 318. The first-order chi connectivity index (χ1) is 7.20. The lowest BCUT2D eigenvalue weighted by Crippen LogP contribution is -2.23. The van der Waals surface area contributed by atoms with Crippen molar-refractivity contribution in [1.29, 1.82) is 0 Å². The molecule has 2 rings (SSSR count). The number of nitrogens with zero attached hydrogens (tertiary/aromatic N) is 2. The third kappa shape index (κ3) is 2.23. The van der Waals surface area contributed by atoms with Gasteiger partial charge in [-0.2, -0.15) is 5.10 Å². The summed E-state index contributed by atoms with van der Waals surface area (Å²) in [6, 6.07) is 0.594. The van der Waals surface area contributed by atoms with Gasteiger partial charge in [-0.1, -0.05) is 13.8 Å². The van der Waals surface area contributed by atoms with Gasteiger partial charge < -0.3 is 5.73 Å². The molecule has 0 aliphatic heterocycles. The molecule has 0 radical (unpaired) electrons. The van der Waals surface area contributed by atoms with Crippen LogP contribution in [0.15, 0.2) is 12.4 Å². The van der Waals surface area contributed by atoms with Crippen molar-refractivity contribution in [1.82, 2.24) is 9.78 Å². The molecule has 0 bridgehead atoms. The molecule has 3 nitrogen and oxygen atoms in total. The molecule has 0 amide bonds. The fraction of sp³-hybridized carbons (Fsp3) is 0.750. The van der Waals surface area contributed by atoms with E-state index in [9.17, 15) is 0 Å². The van der Waals surface area contributed by atoms with Gasteiger partial charge in [-0.05, 0) is 31.1 Å². The third-order valence-electron chi connectivity index (χ3n) is 3.84. The first kappa shape index (κ1) is 10.7. The smallest absolute Gasteiger partial charge is 0.0534 e. The zero-order chi connectivity index (χ0) is 10.8. The maximum Gasteiger partial charge on any atom is 0.0534 e. The first-order valence-corrected chi connectivity index (χ1v) is 5.93. The van der Waals surface area contributed by atoms with E-state index in [1.807, 2.05) is 6.20 Å². The van der Waals surface area contributed by atoms with E-state index in [0.29, 0.717) is 12.6 Å². The molecule has 3 atom stereocenters. The quantitative estimate of drug-likeness (QED) is 0.809. The van der Waals surface area contributed by atoms with Crippen molar-refractivity contribution in [3.8, 4) is 0 Å². The van der Waals surface area contributed by atoms with E-state index < -0.39 is 0 Å². The normalized spacial score (nSPS) is 31.8. The molecule has 1 fully saturated rings. The summed E-state index contributed by atoms with van der Waals surface area (Å²) < 4.78 is 2.12. The summed E-state index contributed by atoms with van der Waals surface area (Å²) in [6.45, 7) is 5.30. The second kappa shape index (κ2) is 4.35. The van der Waals surface area contributed by atoms with Gasteiger partial charge in [0.15, 0.2) is 0 Å². The molecule has 1 aliphatic carbocycles. The second-order valence-corrected chi connectivity index (χ2v) is 4.95. The Labute approximate surface area is 91.7 Å². The average Bonchev–Trinajstić information content (AvgIpc) is 2.70. The Morgan fingerprint density at radius 3 is 2.80 bits per heavy atom. The van der Waals surface area contributed by atoms with Crippen molar-refractivity contribution in [2.75, 3.05) is 0 Å². The summed E-state index contributed by atoms with van der Waals surface area (Å²) in [5.74, 6) is 1.68. The molecular formula is C12H21N3. The molecule has 0 saturated heterocycles. The first-order valence-electron chi connectivity index (χ1n) is 5.93. The van der Waals surface area contributed by atoms with Crippen LogP contribution in [-0.2, 0) is 6.54 Å². The third-order valence-corrected chi connectivity index (χ3v) is 3.84. The highest BCUT2D eigenvalue weighted by atomic mass is 15.3. The zero-order valence-corrected chi connectivity index (χ0v) is 9.69. The van der Waals surface area contributed by atoms with Gasteiger partial charge in [0, 0.05) is 18.3 Å². The molecule has 84 valence electrons. The summed E-state index contributed by atoms with van der Waals surface area (Å²) in [5, 5.41) is 4.41. The van der Waals surface area contributed by atoms with Gasteiger partial charge >= 0.3 is 0 Å². The van der Waals surface area contributed by atoms with Crippen molar-refractivity contribution in [2.45, 2.75) is 45.7 Å². The van der Waals surface area contributed by atoms with Crippen molar-refractivity contribution >= 4 is 0 Å². The number of nitrogens with two attached hydrogens (primary N) is 1. The van der Waals surface area contributed by atoms with Crippen LogP contribution in [0.25, 0.3) is 0 Å². The van der Waals surface area contributed by atoms with Gasteiger partial charge in [0.2, 0.25) is 0 Å². The number of aromatic nitrogens is 2. The minimum absolute atomic E-state index is 0.594. The molecule has 15 heavy (non-hydrogen) atoms. The fourth-order valence-electron chi connectivity index (χ4n) is 2.44. The highest BCUT2D eigenvalue weighted by Crippen LogP contribution is 2.35. The summed E-state index contributed by atoms with van der Waals surface area (Å²) in [6.07, 6.45) is 7.84. The Hall–Kier alpha value is -0.830. The van der Waals surface area contributed by atoms with E-state index in [1.165, 1.54) is 19.3 Å². The molecule has 1 aromatic heterocycles. The van der Waals surface area contributed by atoms with E-state index in [2.05, 4.69) is 29.8 Å². The van der Waals surface area contributed by atoms with Gasteiger partial charge in [0.1, 0.15) is 0 Å². The van der Waals surface area contributed by atoms with Crippen molar-refractivity contribution < 1.29 is 0 Å². The average molecular weight is 207 g/mol. The SMILES string of the molecule is CC1CCC(n2cc(CN)cn2)CC1C. The molecule has 0 aromatic carbocycles. The number of hydrogen-bond donors (Lipinski definition) is 1. The van der Waals surface area contributed by atoms with Crippen molar-refractivity contribution in [3.05, 3.63) is 18.0 Å². The van der Waals surface area contributed by atoms with E-state index in [0.717, 1.165) is 17.4 Å². The maximum atomic E-state index is 5.59. The predicted molar refractivity (Wildman–Crippen MR) is 61.3 cm³/mol. The van der Waals surface area contributed by atoms with Gasteiger partial charge in [0.25, 0.3) is 0 Å². The largest absolute Gasteiger partial charge is 0.326 e. The zero-order valence-electron chi connectivity index (χ0n) is 9.69. The van der Waals surface area contributed by atoms with Crippen LogP contribution < -0.4 is 5.73 Å². The summed E-state index contributed by atoms with van der Waals surface area (Å²) in [7, 11) is 0. The van der Waals surface area contributed by atoms with Gasteiger partial charge in [-0.25, -0.2) is 0 Å². The number of rotatable bonds is 2. The Balaban J connectivity index is 2.05. The molecule has 0 spiro atoms. The highest BCUT2D eigenvalue weighted by Gasteiger charge is 2.25. The summed E-state index contributed by atoms with van der Waals surface area (Å²) >= 11 is 0. The second-order valence-electron chi connectivity index (χ2n) is 4.95. The lowest BCUT2D eigenvalue weighted by atomic mass is 9.79. The highest BCUT2D eigenvalue weighted by molar-refractivity contribution is 5.03. The standard InChI is InChI=1S/C12H21N3/c1-9-3-4-12(5-10(9)2)15-8-11(6-13)7-14-15/h7-10,12H,3-6,13H2,1-2H3. The van der Waals surface area contributed by atoms with Crippen LogP contribution in [-0.4, -0.2) is 9.78 Å². The van der Waals surface area contributed by atoms with Crippen LogP contribution in [0.1, 0.15) is 44.7 Å². The van der Waals surface area contributed by atoms with Crippen molar-refractivity contribution in [2.24, 2.45) is 17.6 Å².